The second kappa shape index (κ2) is 70.3. The summed E-state index contributed by atoms with van der Waals surface area (Å²) in [5, 5.41) is 0. The van der Waals surface area contributed by atoms with Crippen molar-refractivity contribution in [1.29, 1.82) is 0 Å². The van der Waals surface area contributed by atoms with Gasteiger partial charge < -0.3 is 14.2 Å². The number of ether oxygens (including phenoxy) is 3. The molecule has 0 heterocycles. The van der Waals surface area contributed by atoms with Crippen LogP contribution in [-0.2, 0) is 28.6 Å². The fourth-order valence-corrected chi connectivity index (χ4v) is 9.79. The van der Waals surface area contributed by atoms with Gasteiger partial charge in [-0.2, -0.15) is 0 Å². The van der Waals surface area contributed by atoms with Gasteiger partial charge in [-0.3, -0.25) is 14.4 Å². The van der Waals surface area contributed by atoms with Crippen LogP contribution in [0.15, 0.2) is 122 Å². The van der Waals surface area contributed by atoms with Crippen LogP contribution in [0.1, 0.15) is 329 Å². The molecule has 0 fully saturated rings. The van der Waals surface area contributed by atoms with E-state index < -0.39 is 6.10 Å². The molecule has 0 aliphatic carbocycles. The minimum Gasteiger partial charge on any atom is -0.462 e. The van der Waals surface area contributed by atoms with E-state index >= 15 is 0 Å². The summed E-state index contributed by atoms with van der Waals surface area (Å²) in [5.74, 6) is -0.886. The molecule has 0 aromatic heterocycles. The Hall–Kier alpha value is -4.19. The van der Waals surface area contributed by atoms with E-state index in [2.05, 4.69) is 142 Å². The lowest BCUT2D eigenvalue weighted by Gasteiger charge is -2.18. The summed E-state index contributed by atoms with van der Waals surface area (Å²) in [5.41, 5.74) is 0. The van der Waals surface area contributed by atoms with Crippen molar-refractivity contribution in [3.63, 3.8) is 0 Å². The molecular weight excluding hydrogens is 1020 g/mol. The quantitative estimate of drug-likeness (QED) is 0.0261. The van der Waals surface area contributed by atoms with Gasteiger partial charge in [0.05, 0.1) is 0 Å². The molecule has 1 unspecified atom stereocenters. The Kier molecular flexibility index (Phi) is 66.7. The van der Waals surface area contributed by atoms with Crippen molar-refractivity contribution in [3.05, 3.63) is 122 Å². The monoisotopic (exact) mass is 1150 g/mol. The Balaban J connectivity index is 4.38. The van der Waals surface area contributed by atoms with Gasteiger partial charge in [0.2, 0.25) is 0 Å². The van der Waals surface area contributed by atoms with Crippen LogP contribution in [0.25, 0.3) is 0 Å². The summed E-state index contributed by atoms with van der Waals surface area (Å²) in [6.45, 7) is 6.44. The number of hydrogen-bond donors (Lipinski definition) is 0. The Morgan fingerprint density at radius 3 is 0.735 bits per heavy atom. The molecule has 0 spiro atoms. The van der Waals surface area contributed by atoms with E-state index in [1.54, 1.807) is 0 Å². The molecule has 0 amide bonds. The van der Waals surface area contributed by atoms with Crippen molar-refractivity contribution in [2.45, 2.75) is 335 Å². The summed E-state index contributed by atoms with van der Waals surface area (Å²) in [7, 11) is 0. The zero-order valence-corrected chi connectivity index (χ0v) is 54.4. The Morgan fingerprint density at radius 2 is 0.470 bits per heavy atom. The first-order chi connectivity index (χ1) is 41.0. The fourth-order valence-electron chi connectivity index (χ4n) is 9.79. The maximum absolute atomic E-state index is 13.0. The van der Waals surface area contributed by atoms with Crippen LogP contribution >= 0.6 is 0 Å². The summed E-state index contributed by atoms with van der Waals surface area (Å²) in [6, 6.07) is 0. The number of unbranched alkanes of at least 4 members (excludes halogenated alkanes) is 32. The SMILES string of the molecule is CC/C=C\C/C=C\C/C=C\C/C=C\C/C=C\C/C=C\CCCCCCCCC(=O)OCC(COC(=O)CCCCCCCCCCCCCCCCC)OC(=O)CCCCCCCCCCCCCC/C=C\C/C=C\C/C=C\C/C=C\CC. The number of hydrogen-bond acceptors (Lipinski definition) is 6. The standard InChI is InChI=1S/C77H130O6/c1-4-7-10-13-16-19-22-25-28-30-32-34-36-38-40-42-44-46-49-52-55-58-61-64-67-70-76(79)82-73-74(72-81-75(78)69-66-63-60-57-54-51-48-27-24-21-18-15-12-9-6-3)83-77(80)71-68-65-62-59-56-53-50-47-45-43-41-39-37-35-33-31-29-26-23-20-17-14-11-8-5-2/h7-8,10-11,16-17,19-20,25-26,28-29,32-35,38,40,44,46,74H,4-6,9,12-15,18,21-24,27,30-31,36-37,39,41-43,45,47-73H2,1-3H3/b10-7-,11-8-,19-16-,20-17-,28-25-,29-26-,34-32-,35-33-,40-38-,46-44-. The third kappa shape index (κ3) is 68.5. The predicted molar refractivity (Wildman–Crippen MR) is 362 cm³/mol. The number of rotatable bonds is 63. The molecule has 0 rings (SSSR count). The van der Waals surface area contributed by atoms with Crippen molar-refractivity contribution in [2.75, 3.05) is 13.2 Å². The van der Waals surface area contributed by atoms with Gasteiger partial charge in [-0.05, 0) is 109 Å². The maximum atomic E-state index is 13.0. The van der Waals surface area contributed by atoms with E-state index in [0.29, 0.717) is 19.3 Å². The number of carbonyl (C=O) groups is 3. The molecule has 0 N–H and O–H groups in total. The van der Waals surface area contributed by atoms with Gasteiger partial charge in [-0.15, -0.1) is 0 Å². The zero-order chi connectivity index (χ0) is 59.9. The van der Waals surface area contributed by atoms with Gasteiger partial charge in [-0.1, -0.05) is 322 Å². The molecule has 6 nitrogen and oxygen atoms in total. The largest absolute Gasteiger partial charge is 0.462 e. The minimum absolute atomic E-state index is 0.0821. The summed E-state index contributed by atoms with van der Waals surface area (Å²) in [4.78, 5) is 38.5. The molecule has 0 bridgehead atoms. The van der Waals surface area contributed by atoms with Crippen molar-refractivity contribution in [2.24, 2.45) is 0 Å². The van der Waals surface area contributed by atoms with E-state index in [0.717, 1.165) is 135 Å². The predicted octanol–water partition coefficient (Wildman–Crippen LogP) is 24.3. The second-order valence-corrected chi connectivity index (χ2v) is 23.0. The van der Waals surface area contributed by atoms with E-state index in [-0.39, 0.29) is 31.1 Å². The van der Waals surface area contributed by atoms with Crippen LogP contribution in [0.5, 0.6) is 0 Å². The average molecular weight is 1150 g/mol. The van der Waals surface area contributed by atoms with Crippen LogP contribution in [0, 0.1) is 0 Å². The van der Waals surface area contributed by atoms with Gasteiger partial charge in [0, 0.05) is 19.3 Å². The van der Waals surface area contributed by atoms with Crippen molar-refractivity contribution in [3.8, 4) is 0 Å². The average Bonchev–Trinajstić information content (AvgIpc) is 3.49. The fraction of sp³-hybridized carbons (Fsp3) is 0.701. The summed E-state index contributed by atoms with van der Waals surface area (Å²) >= 11 is 0. The normalized spacial score (nSPS) is 12.9. The molecule has 0 saturated heterocycles. The van der Waals surface area contributed by atoms with Crippen LogP contribution in [0.3, 0.4) is 0 Å². The van der Waals surface area contributed by atoms with Crippen molar-refractivity contribution < 1.29 is 28.6 Å². The molecule has 474 valence electrons. The van der Waals surface area contributed by atoms with E-state index in [9.17, 15) is 14.4 Å². The molecule has 0 aromatic carbocycles. The third-order valence-corrected chi connectivity index (χ3v) is 15.0. The van der Waals surface area contributed by atoms with E-state index in [1.807, 2.05) is 0 Å². The molecular formula is C77H130O6. The third-order valence-electron chi connectivity index (χ3n) is 15.0. The Bertz CT molecular complexity index is 1700. The second-order valence-electron chi connectivity index (χ2n) is 23.0. The van der Waals surface area contributed by atoms with Crippen molar-refractivity contribution >= 4 is 17.9 Å². The topological polar surface area (TPSA) is 78.9 Å². The summed E-state index contributed by atoms with van der Waals surface area (Å²) in [6.07, 6.45) is 97.8. The lowest BCUT2D eigenvalue weighted by atomic mass is 10.0. The van der Waals surface area contributed by atoms with Crippen LogP contribution < -0.4 is 0 Å². The van der Waals surface area contributed by atoms with Gasteiger partial charge >= 0.3 is 17.9 Å². The van der Waals surface area contributed by atoms with Gasteiger partial charge in [0.25, 0.3) is 0 Å². The molecule has 0 aromatic rings. The number of allylic oxidation sites excluding steroid dienone is 20. The van der Waals surface area contributed by atoms with Gasteiger partial charge in [0.1, 0.15) is 13.2 Å². The first-order valence-corrected chi connectivity index (χ1v) is 35.0. The zero-order valence-electron chi connectivity index (χ0n) is 54.4. The number of esters is 3. The molecule has 0 radical (unpaired) electrons. The molecule has 0 aliphatic heterocycles. The van der Waals surface area contributed by atoms with Crippen LogP contribution in [0.4, 0.5) is 0 Å². The van der Waals surface area contributed by atoms with Gasteiger partial charge in [0.15, 0.2) is 6.10 Å². The molecule has 1 atom stereocenters. The minimum atomic E-state index is -0.789. The lowest BCUT2D eigenvalue weighted by Crippen LogP contribution is -2.30. The molecule has 83 heavy (non-hydrogen) atoms. The summed E-state index contributed by atoms with van der Waals surface area (Å²) < 4.78 is 17.0. The molecule has 0 aliphatic rings. The number of carbonyl (C=O) groups excluding carboxylic acids is 3. The molecule has 0 saturated carbocycles. The first kappa shape index (κ1) is 78.8. The van der Waals surface area contributed by atoms with E-state index in [4.69, 9.17) is 14.2 Å². The maximum Gasteiger partial charge on any atom is 0.306 e. The Labute approximate surface area is 513 Å². The van der Waals surface area contributed by atoms with Gasteiger partial charge in [-0.25, -0.2) is 0 Å². The smallest absolute Gasteiger partial charge is 0.306 e. The van der Waals surface area contributed by atoms with Crippen LogP contribution in [0.2, 0.25) is 0 Å². The van der Waals surface area contributed by atoms with E-state index in [1.165, 1.54) is 154 Å². The van der Waals surface area contributed by atoms with Crippen LogP contribution in [-0.4, -0.2) is 37.2 Å². The highest BCUT2D eigenvalue weighted by atomic mass is 16.6. The highest BCUT2D eigenvalue weighted by Crippen LogP contribution is 2.17. The first-order valence-electron chi connectivity index (χ1n) is 35.0. The molecule has 6 heteroatoms. The van der Waals surface area contributed by atoms with Crippen molar-refractivity contribution in [1.82, 2.24) is 0 Å². The Morgan fingerprint density at radius 1 is 0.253 bits per heavy atom. The highest BCUT2D eigenvalue weighted by molar-refractivity contribution is 5.71. The lowest BCUT2D eigenvalue weighted by molar-refractivity contribution is -0.167. The highest BCUT2D eigenvalue weighted by Gasteiger charge is 2.19.